The molecule has 1 aromatic rings. The van der Waals surface area contributed by atoms with Crippen LogP contribution in [0.1, 0.15) is 46.2 Å². The molecule has 13 heavy (non-hydrogen) atoms. The molecule has 1 aromatic heterocycles. The maximum absolute atomic E-state index is 11.5. The van der Waals surface area contributed by atoms with E-state index in [1.54, 1.807) is 6.20 Å². The molecule has 1 N–H and O–H groups in total. The Morgan fingerprint density at radius 1 is 1.38 bits per heavy atom. The van der Waals surface area contributed by atoms with Crippen LogP contribution in [0, 0.1) is 0 Å². The van der Waals surface area contributed by atoms with E-state index in [1.807, 2.05) is 25.3 Å². The van der Waals surface area contributed by atoms with Crippen LogP contribution in [-0.4, -0.2) is 9.55 Å². The number of aromatic amines is 1. The first-order valence-corrected chi connectivity index (χ1v) is 4.65. The molecule has 0 aliphatic rings. The summed E-state index contributed by atoms with van der Waals surface area (Å²) in [5.74, 6) is 0.373. The molecule has 0 amide bonds. The predicted molar refractivity (Wildman–Crippen MR) is 54.1 cm³/mol. The van der Waals surface area contributed by atoms with E-state index in [0.717, 1.165) is 5.69 Å². The van der Waals surface area contributed by atoms with Gasteiger partial charge in [-0.1, -0.05) is 13.8 Å². The molecule has 1 rings (SSSR count). The first-order chi connectivity index (χ1) is 5.84. The number of imidazole rings is 1. The van der Waals surface area contributed by atoms with Gasteiger partial charge in [-0.3, -0.25) is 4.57 Å². The summed E-state index contributed by atoms with van der Waals surface area (Å²) in [4.78, 5) is 14.2. The molecule has 0 saturated heterocycles. The van der Waals surface area contributed by atoms with Gasteiger partial charge in [0, 0.05) is 17.4 Å². The summed E-state index contributed by atoms with van der Waals surface area (Å²) in [6.07, 6.45) is 1.80. The molecular weight excluding hydrogens is 164 g/mol. The van der Waals surface area contributed by atoms with Gasteiger partial charge in [0.15, 0.2) is 0 Å². The number of H-pyrrole nitrogens is 1. The molecular formula is C10H18N2O. The monoisotopic (exact) mass is 182 g/mol. The van der Waals surface area contributed by atoms with Gasteiger partial charge >= 0.3 is 5.69 Å². The van der Waals surface area contributed by atoms with E-state index in [0.29, 0.717) is 5.92 Å². The van der Waals surface area contributed by atoms with E-state index in [-0.39, 0.29) is 11.2 Å². The molecule has 74 valence electrons. The van der Waals surface area contributed by atoms with Crippen molar-refractivity contribution in [3.05, 3.63) is 22.4 Å². The Morgan fingerprint density at radius 3 is 2.23 bits per heavy atom. The Labute approximate surface area is 78.8 Å². The standard InChI is InChI=1S/C10H18N2O/c1-7(2)8-6-11-9(13)12(8)10(3,4)5/h6-7H,1-5H3,(H,11,13). The van der Waals surface area contributed by atoms with Crippen LogP contribution in [0.2, 0.25) is 0 Å². The fourth-order valence-electron chi connectivity index (χ4n) is 1.50. The summed E-state index contributed by atoms with van der Waals surface area (Å²) < 4.78 is 1.82. The molecule has 3 nitrogen and oxygen atoms in total. The summed E-state index contributed by atoms with van der Waals surface area (Å²) >= 11 is 0. The van der Waals surface area contributed by atoms with Crippen molar-refractivity contribution in [3.8, 4) is 0 Å². The van der Waals surface area contributed by atoms with Crippen molar-refractivity contribution in [2.75, 3.05) is 0 Å². The highest BCUT2D eigenvalue weighted by Gasteiger charge is 2.20. The van der Waals surface area contributed by atoms with E-state index in [9.17, 15) is 4.79 Å². The fourth-order valence-corrected chi connectivity index (χ4v) is 1.50. The average Bonchev–Trinajstić information content (AvgIpc) is 2.28. The highest BCUT2D eigenvalue weighted by molar-refractivity contribution is 5.06. The van der Waals surface area contributed by atoms with Crippen LogP contribution < -0.4 is 5.69 Å². The highest BCUT2D eigenvalue weighted by Crippen LogP contribution is 2.19. The fraction of sp³-hybridized carbons (Fsp3) is 0.700. The first kappa shape index (κ1) is 10.1. The zero-order valence-electron chi connectivity index (χ0n) is 9.01. The van der Waals surface area contributed by atoms with Crippen LogP contribution in [0.5, 0.6) is 0 Å². The number of rotatable bonds is 1. The Morgan fingerprint density at radius 2 is 1.92 bits per heavy atom. The molecule has 1 heterocycles. The maximum atomic E-state index is 11.5. The Hall–Kier alpha value is -0.990. The van der Waals surface area contributed by atoms with Gasteiger partial charge in [-0.05, 0) is 26.7 Å². The van der Waals surface area contributed by atoms with Gasteiger partial charge in [0.2, 0.25) is 0 Å². The normalized spacial score (nSPS) is 12.5. The van der Waals surface area contributed by atoms with Gasteiger partial charge in [-0.2, -0.15) is 0 Å². The molecule has 0 fully saturated rings. The van der Waals surface area contributed by atoms with Gasteiger partial charge in [0.25, 0.3) is 0 Å². The van der Waals surface area contributed by atoms with E-state index < -0.39 is 0 Å². The zero-order chi connectivity index (χ0) is 10.2. The van der Waals surface area contributed by atoms with E-state index >= 15 is 0 Å². The molecule has 0 aliphatic carbocycles. The van der Waals surface area contributed by atoms with Gasteiger partial charge in [0.05, 0.1) is 0 Å². The maximum Gasteiger partial charge on any atom is 0.326 e. The van der Waals surface area contributed by atoms with Crippen molar-refractivity contribution in [1.82, 2.24) is 9.55 Å². The smallest absolute Gasteiger partial charge is 0.312 e. The molecule has 0 unspecified atom stereocenters. The Bertz CT molecular complexity index is 339. The third-order valence-electron chi connectivity index (χ3n) is 2.07. The van der Waals surface area contributed by atoms with Gasteiger partial charge in [-0.15, -0.1) is 0 Å². The van der Waals surface area contributed by atoms with Crippen molar-refractivity contribution < 1.29 is 0 Å². The number of nitrogens with one attached hydrogen (secondary N) is 1. The number of hydrogen-bond acceptors (Lipinski definition) is 1. The van der Waals surface area contributed by atoms with Crippen molar-refractivity contribution in [2.24, 2.45) is 0 Å². The van der Waals surface area contributed by atoms with Crippen molar-refractivity contribution in [3.63, 3.8) is 0 Å². The third-order valence-corrected chi connectivity index (χ3v) is 2.07. The topological polar surface area (TPSA) is 37.8 Å². The highest BCUT2D eigenvalue weighted by atomic mass is 16.1. The van der Waals surface area contributed by atoms with Crippen molar-refractivity contribution in [2.45, 2.75) is 46.1 Å². The van der Waals surface area contributed by atoms with E-state index in [1.165, 1.54) is 0 Å². The molecule has 0 aromatic carbocycles. The zero-order valence-corrected chi connectivity index (χ0v) is 9.01. The lowest BCUT2D eigenvalue weighted by molar-refractivity contribution is 0.369. The number of hydrogen-bond donors (Lipinski definition) is 1. The number of nitrogens with zero attached hydrogens (tertiary/aromatic N) is 1. The second-order valence-electron chi connectivity index (χ2n) is 4.68. The van der Waals surface area contributed by atoms with Crippen molar-refractivity contribution >= 4 is 0 Å². The predicted octanol–water partition coefficient (Wildman–Crippen LogP) is 2.05. The summed E-state index contributed by atoms with van der Waals surface area (Å²) in [5, 5.41) is 0. The molecule has 0 atom stereocenters. The average molecular weight is 182 g/mol. The SMILES string of the molecule is CC(C)c1c[nH]c(=O)n1C(C)(C)C. The van der Waals surface area contributed by atoms with Crippen LogP contribution >= 0.6 is 0 Å². The van der Waals surface area contributed by atoms with Crippen LogP contribution in [0.15, 0.2) is 11.0 Å². The van der Waals surface area contributed by atoms with Crippen LogP contribution in [-0.2, 0) is 5.54 Å². The molecule has 3 heteroatoms. The van der Waals surface area contributed by atoms with Crippen molar-refractivity contribution in [1.29, 1.82) is 0 Å². The molecule has 0 saturated carbocycles. The summed E-state index contributed by atoms with van der Waals surface area (Å²) in [5.41, 5.74) is 0.908. The summed E-state index contributed by atoms with van der Waals surface area (Å²) in [6.45, 7) is 10.3. The second-order valence-corrected chi connectivity index (χ2v) is 4.68. The van der Waals surface area contributed by atoms with E-state index in [4.69, 9.17) is 0 Å². The largest absolute Gasteiger partial charge is 0.326 e. The quantitative estimate of drug-likeness (QED) is 0.709. The van der Waals surface area contributed by atoms with Crippen LogP contribution in [0.4, 0.5) is 0 Å². The minimum atomic E-state index is -0.142. The molecule has 0 radical (unpaired) electrons. The van der Waals surface area contributed by atoms with E-state index in [2.05, 4.69) is 18.8 Å². The lowest BCUT2D eigenvalue weighted by atomic mass is 10.1. The first-order valence-electron chi connectivity index (χ1n) is 4.65. The lowest BCUT2D eigenvalue weighted by Crippen LogP contribution is -2.33. The lowest BCUT2D eigenvalue weighted by Gasteiger charge is -2.23. The van der Waals surface area contributed by atoms with Crippen LogP contribution in [0.3, 0.4) is 0 Å². The number of aromatic nitrogens is 2. The van der Waals surface area contributed by atoms with Gasteiger partial charge < -0.3 is 4.98 Å². The minimum absolute atomic E-state index is 0.0174. The Balaban J connectivity index is 3.33. The van der Waals surface area contributed by atoms with Crippen LogP contribution in [0.25, 0.3) is 0 Å². The molecule has 0 aliphatic heterocycles. The molecule has 0 spiro atoms. The second kappa shape index (κ2) is 3.05. The minimum Gasteiger partial charge on any atom is -0.312 e. The van der Waals surface area contributed by atoms with Gasteiger partial charge in [0.1, 0.15) is 0 Å². The summed E-state index contributed by atoms with van der Waals surface area (Å²) in [7, 11) is 0. The Kier molecular flexibility index (Phi) is 2.37. The molecule has 0 bridgehead atoms. The van der Waals surface area contributed by atoms with Gasteiger partial charge in [-0.25, -0.2) is 4.79 Å². The third kappa shape index (κ3) is 1.85. The summed E-state index contributed by atoms with van der Waals surface area (Å²) in [6, 6.07) is 0.